The van der Waals surface area contributed by atoms with E-state index < -0.39 is 24.6 Å². The molecule has 1 aliphatic heterocycles. The van der Waals surface area contributed by atoms with Gasteiger partial charge in [0.05, 0.1) is 13.2 Å². The second kappa shape index (κ2) is 4.85. The van der Waals surface area contributed by atoms with Crippen molar-refractivity contribution < 1.29 is 24.8 Å². The molecule has 0 bridgehead atoms. The highest BCUT2D eigenvalue weighted by Gasteiger charge is 2.43. The smallest absolute Gasteiger partial charge is 0.184 e. The fraction of sp³-hybridized carbons (Fsp3) is 1.00. The van der Waals surface area contributed by atoms with E-state index in [9.17, 15) is 10.2 Å². The van der Waals surface area contributed by atoms with E-state index in [0.717, 1.165) is 0 Å². The lowest BCUT2D eigenvalue weighted by Gasteiger charge is -2.16. The Kier molecular flexibility index (Phi) is 4.04. The van der Waals surface area contributed by atoms with Crippen LogP contribution in [0.4, 0.5) is 0 Å². The summed E-state index contributed by atoms with van der Waals surface area (Å²) in [4.78, 5) is 0. The van der Waals surface area contributed by atoms with Crippen molar-refractivity contribution in [2.24, 2.45) is 5.73 Å². The predicted octanol–water partition coefficient (Wildman–Crippen LogP) is -2.60. The Morgan fingerprint density at radius 1 is 1.38 bits per heavy atom. The molecule has 78 valence electrons. The van der Waals surface area contributed by atoms with Gasteiger partial charge in [-0.05, 0) is 0 Å². The summed E-state index contributed by atoms with van der Waals surface area (Å²) in [5.74, 6) is 0. The van der Waals surface area contributed by atoms with Crippen molar-refractivity contribution in [2.45, 2.75) is 24.6 Å². The van der Waals surface area contributed by atoms with Gasteiger partial charge in [-0.1, -0.05) is 0 Å². The highest BCUT2D eigenvalue weighted by Crippen LogP contribution is 2.21. The standard InChI is InChI=1S/C7H15NO5/c8-1-2-12-6-5(10)4(3-9)13-7(6)11/h4-7,9-11H,1-3,8H2/t4-,5?,6?,7-/m1/s1. The van der Waals surface area contributed by atoms with Crippen molar-refractivity contribution in [3.8, 4) is 0 Å². The van der Waals surface area contributed by atoms with E-state index >= 15 is 0 Å². The number of nitrogens with two attached hydrogens (primary N) is 1. The number of hydrogen-bond donors (Lipinski definition) is 4. The molecule has 6 heteroatoms. The molecule has 1 fully saturated rings. The molecule has 0 aliphatic carbocycles. The van der Waals surface area contributed by atoms with Crippen molar-refractivity contribution in [3.63, 3.8) is 0 Å². The Labute approximate surface area is 75.9 Å². The van der Waals surface area contributed by atoms with Gasteiger partial charge in [0.1, 0.15) is 18.3 Å². The molecule has 1 aliphatic rings. The second-order valence-electron chi connectivity index (χ2n) is 2.86. The van der Waals surface area contributed by atoms with Gasteiger partial charge >= 0.3 is 0 Å². The van der Waals surface area contributed by atoms with Crippen molar-refractivity contribution >= 4 is 0 Å². The van der Waals surface area contributed by atoms with E-state index in [1.54, 1.807) is 0 Å². The number of aliphatic hydroxyl groups is 3. The first-order valence-corrected chi connectivity index (χ1v) is 4.14. The van der Waals surface area contributed by atoms with Crippen LogP contribution in [0.2, 0.25) is 0 Å². The molecule has 0 saturated carbocycles. The Bertz CT molecular complexity index is 156. The molecular weight excluding hydrogens is 178 g/mol. The molecule has 1 rings (SSSR count). The lowest BCUT2D eigenvalue weighted by atomic mass is 10.1. The van der Waals surface area contributed by atoms with Crippen LogP contribution in [0.15, 0.2) is 0 Å². The lowest BCUT2D eigenvalue weighted by Crippen LogP contribution is -2.37. The molecule has 6 nitrogen and oxygen atoms in total. The fourth-order valence-corrected chi connectivity index (χ4v) is 1.25. The Hall–Kier alpha value is -0.240. The monoisotopic (exact) mass is 193 g/mol. The summed E-state index contributed by atoms with van der Waals surface area (Å²) in [5, 5.41) is 27.4. The highest BCUT2D eigenvalue weighted by atomic mass is 16.7. The summed E-state index contributed by atoms with van der Waals surface area (Å²) in [6.45, 7) is 0.195. The van der Waals surface area contributed by atoms with E-state index in [0.29, 0.717) is 6.54 Å². The van der Waals surface area contributed by atoms with Gasteiger partial charge in [-0.15, -0.1) is 0 Å². The molecule has 13 heavy (non-hydrogen) atoms. The molecule has 5 N–H and O–H groups in total. The lowest BCUT2D eigenvalue weighted by molar-refractivity contribution is -0.146. The molecule has 2 unspecified atom stereocenters. The van der Waals surface area contributed by atoms with E-state index in [1.165, 1.54) is 0 Å². The van der Waals surface area contributed by atoms with Gasteiger partial charge in [-0.25, -0.2) is 0 Å². The van der Waals surface area contributed by atoms with E-state index in [4.69, 9.17) is 20.3 Å². The molecule has 4 atom stereocenters. The van der Waals surface area contributed by atoms with Crippen LogP contribution in [0.3, 0.4) is 0 Å². The Balaban J connectivity index is 2.44. The van der Waals surface area contributed by atoms with Gasteiger partial charge in [0.15, 0.2) is 6.29 Å². The highest BCUT2D eigenvalue weighted by molar-refractivity contribution is 4.86. The van der Waals surface area contributed by atoms with Gasteiger partial charge in [0.25, 0.3) is 0 Å². The number of aliphatic hydroxyl groups excluding tert-OH is 3. The minimum absolute atomic E-state index is 0.236. The molecule has 0 radical (unpaired) electrons. The van der Waals surface area contributed by atoms with E-state index in [-0.39, 0.29) is 13.2 Å². The van der Waals surface area contributed by atoms with Crippen molar-refractivity contribution in [1.29, 1.82) is 0 Å². The third-order valence-corrected chi connectivity index (χ3v) is 1.92. The Morgan fingerprint density at radius 2 is 2.08 bits per heavy atom. The number of rotatable bonds is 4. The fourth-order valence-electron chi connectivity index (χ4n) is 1.25. The largest absolute Gasteiger partial charge is 0.394 e. The molecule has 0 aromatic rings. The van der Waals surface area contributed by atoms with Gasteiger partial charge in [-0.2, -0.15) is 0 Å². The number of hydrogen-bond acceptors (Lipinski definition) is 6. The minimum Gasteiger partial charge on any atom is -0.394 e. The normalized spacial score (nSPS) is 39.7. The molecule has 0 amide bonds. The first kappa shape index (κ1) is 10.8. The van der Waals surface area contributed by atoms with Crippen LogP contribution in [-0.4, -0.2) is 59.7 Å². The van der Waals surface area contributed by atoms with Gasteiger partial charge < -0.3 is 30.5 Å². The molecule has 1 saturated heterocycles. The van der Waals surface area contributed by atoms with E-state index in [1.807, 2.05) is 0 Å². The summed E-state index contributed by atoms with van der Waals surface area (Å²) < 4.78 is 9.87. The van der Waals surface area contributed by atoms with Crippen molar-refractivity contribution in [3.05, 3.63) is 0 Å². The number of ether oxygens (including phenoxy) is 2. The molecule has 0 aromatic carbocycles. The van der Waals surface area contributed by atoms with Crippen molar-refractivity contribution in [1.82, 2.24) is 0 Å². The molecule has 0 spiro atoms. The zero-order valence-electron chi connectivity index (χ0n) is 7.17. The zero-order chi connectivity index (χ0) is 9.84. The van der Waals surface area contributed by atoms with Crippen LogP contribution < -0.4 is 5.73 Å². The summed E-state index contributed by atoms with van der Waals surface area (Å²) in [7, 11) is 0. The summed E-state index contributed by atoms with van der Waals surface area (Å²) in [6.07, 6.45) is -3.80. The van der Waals surface area contributed by atoms with Crippen LogP contribution in [-0.2, 0) is 9.47 Å². The first-order valence-electron chi connectivity index (χ1n) is 4.14. The van der Waals surface area contributed by atoms with E-state index in [2.05, 4.69) is 0 Å². The van der Waals surface area contributed by atoms with Crippen LogP contribution in [0.25, 0.3) is 0 Å². The summed E-state index contributed by atoms with van der Waals surface area (Å²) in [6, 6.07) is 0. The average molecular weight is 193 g/mol. The van der Waals surface area contributed by atoms with Crippen LogP contribution >= 0.6 is 0 Å². The third-order valence-electron chi connectivity index (χ3n) is 1.92. The maximum absolute atomic E-state index is 9.43. The van der Waals surface area contributed by atoms with Crippen LogP contribution in [0, 0.1) is 0 Å². The maximum atomic E-state index is 9.43. The zero-order valence-corrected chi connectivity index (χ0v) is 7.17. The van der Waals surface area contributed by atoms with Gasteiger partial charge in [0.2, 0.25) is 0 Å². The SMILES string of the molecule is NCCOC1C(O)[C@@H](CO)O[C@H]1O. The summed E-state index contributed by atoms with van der Waals surface area (Å²) in [5.41, 5.74) is 5.19. The van der Waals surface area contributed by atoms with Crippen LogP contribution in [0.1, 0.15) is 0 Å². The third kappa shape index (κ3) is 2.37. The van der Waals surface area contributed by atoms with Gasteiger partial charge in [0, 0.05) is 6.54 Å². The minimum atomic E-state index is -1.20. The molecular formula is C7H15NO5. The molecule has 0 aromatic heterocycles. The Morgan fingerprint density at radius 3 is 2.54 bits per heavy atom. The van der Waals surface area contributed by atoms with Crippen molar-refractivity contribution in [2.75, 3.05) is 19.8 Å². The van der Waals surface area contributed by atoms with Gasteiger partial charge in [-0.3, -0.25) is 0 Å². The predicted molar refractivity (Wildman–Crippen MR) is 42.8 cm³/mol. The topological polar surface area (TPSA) is 105 Å². The summed E-state index contributed by atoms with van der Waals surface area (Å²) >= 11 is 0. The molecule has 1 heterocycles. The first-order chi connectivity index (χ1) is 6.20. The maximum Gasteiger partial charge on any atom is 0.184 e. The van der Waals surface area contributed by atoms with Crippen LogP contribution in [0.5, 0.6) is 0 Å². The second-order valence-corrected chi connectivity index (χ2v) is 2.86. The quantitative estimate of drug-likeness (QED) is 0.390. The average Bonchev–Trinajstić information content (AvgIpc) is 2.39.